The summed E-state index contributed by atoms with van der Waals surface area (Å²) in [6.45, 7) is 2.70. The molecule has 1 amide bonds. The molecule has 21 heavy (non-hydrogen) atoms. The van der Waals surface area contributed by atoms with Gasteiger partial charge in [-0.2, -0.15) is 0 Å². The van der Waals surface area contributed by atoms with E-state index in [-0.39, 0.29) is 18.0 Å². The minimum absolute atomic E-state index is 0.0380. The summed E-state index contributed by atoms with van der Waals surface area (Å²) in [7, 11) is 0. The summed E-state index contributed by atoms with van der Waals surface area (Å²) in [6, 6.07) is 9.99. The van der Waals surface area contributed by atoms with Crippen LogP contribution in [-0.2, 0) is 4.79 Å². The highest BCUT2D eigenvalue weighted by Gasteiger charge is 2.32. The van der Waals surface area contributed by atoms with E-state index in [2.05, 4.69) is 11.1 Å². The molecule has 0 bridgehead atoms. The second-order valence-corrected chi connectivity index (χ2v) is 5.60. The first-order valence-electron chi connectivity index (χ1n) is 7.61. The average Bonchev–Trinajstić information content (AvgIpc) is 2.65. The van der Waals surface area contributed by atoms with Crippen molar-refractivity contribution in [1.29, 1.82) is 0 Å². The number of aromatic nitrogens is 1. The SMILES string of the molecule is CCN1C(=O)CCCC(N)C1c1cccc2cccnc12. The van der Waals surface area contributed by atoms with Crippen LogP contribution in [0.4, 0.5) is 0 Å². The van der Waals surface area contributed by atoms with Gasteiger partial charge in [0, 0.05) is 36.2 Å². The number of hydrogen-bond acceptors (Lipinski definition) is 3. The molecule has 2 N–H and O–H groups in total. The van der Waals surface area contributed by atoms with Crippen molar-refractivity contribution in [3.63, 3.8) is 0 Å². The smallest absolute Gasteiger partial charge is 0.223 e. The van der Waals surface area contributed by atoms with Gasteiger partial charge in [0.25, 0.3) is 0 Å². The summed E-state index contributed by atoms with van der Waals surface area (Å²) in [4.78, 5) is 18.8. The fraction of sp³-hybridized carbons (Fsp3) is 0.412. The molecule has 3 rings (SSSR count). The molecule has 1 aliphatic rings. The van der Waals surface area contributed by atoms with Crippen molar-refractivity contribution in [1.82, 2.24) is 9.88 Å². The summed E-state index contributed by atoms with van der Waals surface area (Å²) in [5.41, 5.74) is 8.43. The predicted octanol–water partition coefficient (Wildman–Crippen LogP) is 2.64. The number of fused-ring (bicyclic) bond motifs is 1. The Hall–Kier alpha value is -1.94. The van der Waals surface area contributed by atoms with Gasteiger partial charge in [-0.15, -0.1) is 0 Å². The lowest BCUT2D eigenvalue weighted by Gasteiger charge is -2.33. The summed E-state index contributed by atoms with van der Waals surface area (Å²) >= 11 is 0. The van der Waals surface area contributed by atoms with Crippen LogP contribution in [0.5, 0.6) is 0 Å². The van der Waals surface area contributed by atoms with E-state index in [1.54, 1.807) is 6.20 Å². The number of nitrogens with zero attached hydrogens (tertiary/aromatic N) is 2. The highest BCUT2D eigenvalue weighted by atomic mass is 16.2. The maximum absolute atomic E-state index is 12.4. The molecule has 1 saturated heterocycles. The van der Waals surface area contributed by atoms with Gasteiger partial charge in [0.1, 0.15) is 0 Å². The fourth-order valence-corrected chi connectivity index (χ4v) is 3.31. The maximum Gasteiger partial charge on any atom is 0.223 e. The number of carbonyl (C=O) groups excluding carboxylic acids is 1. The lowest BCUT2D eigenvalue weighted by molar-refractivity contribution is -0.133. The van der Waals surface area contributed by atoms with Crippen LogP contribution in [0.2, 0.25) is 0 Å². The molecule has 1 aromatic heterocycles. The van der Waals surface area contributed by atoms with Crippen molar-refractivity contribution in [2.45, 2.75) is 38.3 Å². The Morgan fingerprint density at radius 2 is 2.14 bits per heavy atom. The molecular formula is C17H21N3O. The van der Waals surface area contributed by atoms with Crippen LogP contribution in [0.15, 0.2) is 36.5 Å². The molecule has 4 nitrogen and oxygen atoms in total. The number of likely N-dealkylation sites (N-methyl/N-ethyl adjacent to an activating group) is 1. The number of pyridine rings is 1. The standard InChI is InChI=1S/C17H21N3O/c1-2-20-15(21)10-4-9-14(18)17(20)13-8-3-6-12-7-5-11-19-16(12)13/h3,5-8,11,14,17H,2,4,9-10,18H2,1H3. The number of nitrogens with two attached hydrogens (primary N) is 1. The number of likely N-dealkylation sites (tertiary alicyclic amines) is 1. The summed E-state index contributed by atoms with van der Waals surface area (Å²) < 4.78 is 0. The molecule has 1 aliphatic heterocycles. The van der Waals surface area contributed by atoms with Gasteiger partial charge in [0.05, 0.1) is 11.6 Å². The van der Waals surface area contributed by atoms with Crippen LogP contribution < -0.4 is 5.73 Å². The first kappa shape index (κ1) is 14.0. The molecule has 1 aromatic carbocycles. The molecule has 2 atom stereocenters. The third kappa shape index (κ3) is 2.51. The Kier molecular flexibility index (Phi) is 3.88. The third-order valence-electron chi connectivity index (χ3n) is 4.31. The molecule has 110 valence electrons. The van der Waals surface area contributed by atoms with E-state index in [1.807, 2.05) is 36.1 Å². The van der Waals surface area contributed by atoms with Gasteiger partial charge in [-0.25, -0.2) is 0 Å². The minimum Gasteiger partial charge on any atom is -0.334 e. The zero-order valence-corrected chi connectivity index (χ0v) is 12.3. The molecule has 2 heterocycles. The molecular weight excluding hydrogens is 262 g/mol. The number of para-hydroxylation sites is 1. The second kappa shape index (κ2) is 5.82. The molecule has 0 radical (unpaired) electrons. The number of benzene rings is 1. The van der Waals surface area contributed by atoms with Crippen molar-refractivity contribution < 1.29 is 4.79 Å². The van der Waals surface area contributed by atoms with Gasteiger partial charge in [-0.3, -0.25) is 9.78 Å². The van der Waals surface area contributed by atoms with Crippen LogP contribution in [0.3, 0.4) is 0 Å². The topological polar surface area (TPSA) is 59.2 Å². The molecule has 0 aliphatic carbocycles. The van der Waals surface area contributed by atoms with E-state index in [0.717, 1.165) is 29.3 Å². The normalized spacial score (nSPS) is 23.3. The van der Waals surface area contributed by atoms with Crippen LogP contribution >= 0.6 is 0 Å². The quantitative estimate of drug-likeness (QED) is 0.921. The number of carbonyl (C=O) groups is 1. The first-order chi connectivity index (χ1) is 10.2. The average molecular weight is 283 g/mol. The van der Waals surface area contributed by atoms with Crippen LogP contribution in [-0.4, -0.2) is 28.4 Å². The lowest BCUT2D eigenvalue weighted by atomic mass is 9.94. The van der Waals surface area contributed by atoms with Gasteiger partial charge < -0.3 is 10.6 Å². The van der Waals surface area contributed by atoms with E-state index in [9.17, 15) is 4.79 Å². The summed E-state index contributed by atoms with van der Waals surface area (Å²) in [5.74, 6) is 0.198. The Balaban J connectivity index is 2.15. The van der Waals surface area contributed by atoms with Gasteiger partial charge >= 0.3 is 0 Å². The van der Waals surface area contributed by atoms with Crippen molar-refractivity contribution in [2.24, 2.45) is 5.73 Å². The van der Waals surface area contributed by atoms with E-state index < -0.39 is 0 Å². The number of amides is 1. The second-order valence-electron chi connectivity index (χ2n) is 5.60. The van der Waals surface area contributed by atoms with Crippen LogP contribution in [0.1, 0.15) is 37.8 Å². The molecule has 0 saturated carbocycles. The Morgan fingerprint density at radius 1 is 1.33 bits per heavy atom. The van der Waals surface area contributed by atoms with E-state index in [1.165, 1.54) is 0 Å². The first-order valence-corrected chi connectivity index (χ1v) is 7.61. The van der Waals surface area contributed by atoms with E-state index >= 15 is 0 Å². The van der Waals surface area contributed by atoms with Crippen molar-refractivity contribution in [2.75, 3.05) is 6.54 Å². The van der Waals surface area contributed by atoms with Gasteiger partial charge in [-0.05, 0) is 25.8 Å². The predicted molar refractivity (Wildman–Crippen MR) is 83.7 cm³/mol. The zero-order chi connectivity index (χ0) is 14.8. The van der Waals surface area contributed by atoms with Gasteiger partial charge in [0.2, 0.25) is 5.91 Å². The molecule has 1 fully saturated rings. The Bertz CT molecular complexity index is 650. The van der Waals surface area contributed by atoms with Crippen molar-refractivity contribution in [3.05, 3.63) is 42.1 Å². The van der Waals surface area contributed by atoms with E-state index in [0.29, 0.717) is 13.0 Å². The van der Waals surface area contributed by atoms with Crippen LogP contribution in [0.25, 0.3) is 10.9 Å². The minimum atomic E-state index is -0.0800. The van der Waals surface area contributed by atoms with Crippen molar-refractivity contribution >= 4 is 16.8 Å². The number of hydrogen-bond donors (Lipinski definition) is 1. The largest absolute Gasteiger partial charge is 0.334 e. The van der Waals surface area contributed by atoms with Gasteiger partial charge in [0.15, 0.2) is 0 Å². The highest BCUT2D eigenvalue weighted by molar-refractivity contribution is 5.83. The summed E-state index contributed by atoms with van der Waals surface area (Å²) in [5, 5.41) is 1.09. The third-order valence-corrected chi connectivity index (χ3v) is 4.31. The fourth-order valence-electron chi connectivity index (χ4n) is 3.31. The molecule has 4 heteroatoms. The molecule has 2 aromatic rings. The number of rotatable bonds is 2. The maximum atomic E-state index is 12.4. The van der Waals surface area contributed by atoms with Gasteiger partial charge in [-0.1, -0.05) is 24.3 Å². The summed E-state index contributed by atoms with van der Waals surface area (Å²) in [6.07, 6.45) is 4.13. The Morgan fingerprint density at radius 3 is 2.95 bits per heavy atom. The highest BCUT2D eigenvalue weighted by Crippen LogP contribution is 2.33. The van der Waals surface area contributed by atoms with Crippen LogP contribution in [0, 0.1) is 0 Å². The Labute approximate surface area is 125 Å². The molecule has 2 unspecified atom stereocenters. The lowest BCUT2D eigenvalue weighted by Crippen LogP contribution is -2.42. The monoisotopic (exact) mass is 283 g/mol. The zero-order valence-electron chi connectivity index (χ0n) is 12.3. The van der Waals surface area contributed by atoms with Crippen molar-refractivity contribution in [3.8, 4) is 0 Å². The van der Waals surface area contributed by atoms with E-state index in [4.69, 9.17) is 5.73 Å². The molecule has 0 spiro atoms.